The van der Waals surface area contributed by atoms with Crippen LogP contribution in [0.2, 0.25) is 0 Å². The van der Waals surface area contributed by atoms with Crippen LogP contribution in [0.5, 0.6) is 0 Å². The van der Waals surface area contributed by atoms with E-state index < -0.39 is 0 Å². The summed E-state index contributed by atoms with van der Waals surface area (Å²) in [5.74, 6) is 0.563. The molecule has 0 saturated heterocycles. The molecular formula is C13H22BNO2. The third-order valence-electron chi connectivity index (χ3n) is 2.85. The van der Waals surface area contributed by atoms with E-state index >= 15 is 0 Å². The maximum Gasteiger partial charge on any atom is 0.236 e. The van der Waals surface area contributed by atoms with Gasteiger partial charge in [-0.05, 0) is 17.9 Å². The van der Waals surface area contributed by atoms with E-state index in [9.17, 15) is 10.2 Å². The third-order valence-corrected chi connectivity index (χ3v) is 2.85. The highest BCUT2D eigenvalue weighted by Gasteiger charge is 2.10. The van der Waals surface area contributed by atoms with Crippen molar-refractivity contribution < 1.29 is 10.2 Å². The van der Waals surface area contributed by atoms with Crippen molar-refractivity contribution in [1.82, 2.24) is 5.23 Å². The number of nitrogens with one attached hydrogen (secondary N) is 1. The predicted octanol–water partition coefficient (Wildman–Crippen LogP) is 0.152. The van der Waals surface area contributed by atoms with Crippen molar-refractivity contribution in [3.8, 4) is 0 Å². The number of hydrogen-bond donors (Lipinski definition) is 3. The van der Waals surface area contributed by atoms with Crippen molar-refractivity contribution in [3.63, 3.8) is 0 Å². The van der Waals surface area contributed by atoms with Gasteiger partial charge in [-0.25, -0.2) is 0 Å². The van der Waals surface area contributed by atoms with E-state index in [4.69, 9.17) is 0 Å². The topological polar surface area (TPSA) is 52.5 Å². The molecule has 0 bridgehead atoms. The van der Waals surface area contributed by atoms with Gasteiger partial charge in [0, 0.05) is 6.04 Å². The quantitative estimate of drug-likeness (QED) is 0.590. The molecule has 1 rings (SSSR count). The summed E-state index contributed by atoms with van der Waals surface area (Å²) in [5.41, 5.74) is 2.04. The van der Waals surface area contributed by atoms with Crippen molar-refractivity contribution in [2.24, 2.45) is 5.92 Å². The monoisotopic (exact) mass is 235 g/mol. The minimum Gasteiger partial charge on any atom is -0.395 e. The fourth-order valence-electron chi connectivity index (χ4n) is 1.93. The van der Waals surface area contributed by atoms with Crippen LogP contribution in [0.4, 0.5) is 0 Å². The standard InChI is InChI=1S/C13H22BNO2/c1-10(2)7-12(9-17)15-14-13-6-4-3-5-11(13)8-16/h3-6,10,12,14-17H,7-9H2,1-2H3. The van der Waals surface area contributed by atoms with Gasteiger partial charge in [0.2, 0.25) is 7.41 Å². The molecule has 0 spiro atoms. The lowest BCUT2D eigenvalue weighted by Crippen LogP contribution is -2.42. The van der Waals surface area contributed by atoms with Crippen LogP contribution in [0, 0.1) is 5.92 Å². The molecule has 0 fully saturated rings. The van der Waals surface area contributed by atoms with Crippen LogP contribution in [0.25, 0.3) is 0 Å². The van der Waals surface area contributed by atoms with E-state index in [2.05, 4.69) is 19.1 Å². The van der Waals surface area contributed by atoms with Gasteiger partial charge in [0.25, 0.3) is 0 Å². The maximum atomic E-state index is 9.27. The first kappa shape index (κ1) is 14.2. The molecule has 0 aliphatic rings. The van der Waals surface area contributed by atoms with Crippen LogP contribution in [0.1, 0.15) is 25.8 Å². The Labute approximate surface area is 104 Å². The predicted molar refractivity (Wildman–Crippen MR) is 72.6 cm³/mol. The summed E-state index contributed by atoms with van der Waals surface area (Å²) in [7, 11) is 0.689. The van der Waals surface area contributed by atoms with Gasteiger partial charge in [-0.15, -0.1) is 0 Å². The molecule has 17 heavy (non-hydrogen) atoms. The summed E-state index contributed by atoms with van der Waals surface area (Å²) in [6.45, 7) is 4.50. The highest BCUT2D eigenvalue weighted by Crippen LogP contribution is 2.03. The molecule has 0 radical (unpaired) electrons. The highest BCUT2D eigenvalue weighted by atomic mass is 16.3. The molecule has 0 saturated carbocycles. The van der Waals surface area contributed by atoms with Crippen LogP contribution in [0.3, 0.4) is 0 Å². The van der Waals surface area contributed by atoms with Gasteiger partial charge in [0.1, 0.15) is 0 Å². The van der Waals surface area contributed by atoms with E-state index in [-0.39, 0.29) is 19.3 Å². The fourth-order valence-corrected chi connectivity index (χ4v) is 1.93. The van der Waals surface area contributed by atoms with Gasteiger partial charge in [-0.3, -0.25) is 0 Å². The van der Waals surface area contributed by atoms with Crippen molar-refractivity contribution in [2.75, 3.05) is 6.61 Å². The summed E-state index contributed by atoms with van der Waals surface area (Å²) in [6, 6.07) is 7.94. The first-order chi connectivity index (χ1) is 8.17. The normalized spacial score (nSPS) is 12.8. The van der Waals surface area contributed by atoms with Crippen LogP contribution < -0.4 is 10.7 Å². The molecule has 3 nitrogen and oxygen atoms in total. The van der Waals surface area contributed by atoms with E-state index in [1.807, 2.05) is 24.3 Å². The Bertz CT molecular complexity index is 331. The SMILES string of the molecule is CC(C)CC(CO)NBc1ccccc1CO. The van der Waals surface area contributed by atoms with E-state index in [0.29, 0.717) is 13.3 Å². The number of benzene rings is 1. The van der Waals surface area contributed by atoms with Crippen molar-refractivity contribution in [2.45, 2.75) is 32.9 Å². The first-order valence-electron chi connectivity index (χ1n) is 6.19. The molecule has 0 aliphatic heterocycles. The lowest BCUT2D eigenvalue weighted by molar-refractivity contribution is 0.240. The molecule has 4 heteroatoms. The first-order valence-corrected chi connectivity index (χ1v) is 6.19. The largest absolute Gasteiger partial charge is 0.395 e. The second kappa shape index (κ2) is 7.48. The Hall–Kier alpha value is -0.835. The fraction of sp³-hybridized carbons (Fsp3) is 0.538. The summed E-state index contributed by atoms with van der Waals surface area (Å²) in [4.78, 5) is 0. The minimum absolute atomic E-state index is 0.0613. The van der Waals surface area contributed by atoms with Gasteiger partial charge in [0.05, 0.1) is 13.2 Å². The number of aliphatic hydroxyl groups excluding tert-OH is 2. The third kappa shape index (κ3) is 4.90. The number of rotatable bonds is 7. The van der Waals surface area contributed by atoms with Crippen LogP contribution in [0.15, 0.2) is 24.3 Å². The molecule has 1 unspecified atom stereocenters. The summed E-state index contributed by atoms with van der Waals surface area (Å²) in [5, 5.41) is 21.8. The minimum atomic E-state index is 0.0613. The van der Waals surface area contributed by atoms with Crippen molar-refractivity contribution in [3.05, 3.63) is 29.8 Å². The maximum absolute atomic E-state index is 9.27. The Morgan fingerprint density at radius 1 is 1.24 bits per heavy atom. The van der Waals surface area contributed by atoms with E-state index in [1.54, 1.807) is 0 Å². The highest BCUT2D eigenvalue weighted by molar-refractivity contribution is 6.51. The average Bonchev–Trinajstić information content (AvgIpc) is 2.34. The Morgan fingerprint density at radius 3 is 2.53 bits per heavy atom. The summed E-state index contributed by atoms with van der Waals surface area (Å²) < 4.78 is 0. The molecule has 0 aromatic heterocycles. The second-order valence-corrected chi connectivity index (χ2v) is 4.82. The smallest absolute Gasteiger partial charge is 0.236 e. The van der Waals surface area contributed by atoms with Gasteiger partial charge in [0.15, 0.2) is 0 Å². The Balaban J connectivity index is 2.53. The van der Waals surface area contributed by atoms with Gasteiger partial charge in [-0.2, -0.15) is 0 Å². The van der Waals surface area contributed by atoms with Crippen LogP contribution in [-0.2, 0) is 6.61 Å². The zero-order valence-corrected chi connectivity index (χ0v) is 10.7. The van der Waals surface area contributed by atoms with E-state index in [0.717, 1.165) is 17.4 Å². The van der Waals surface area contributed by atoms with Crippen molar-refractivity contribution in [1.29, 1.82) is 0 Å². The Kier molecular flexibility index (Phi) is 6.26. The lowest BCUT2D eigenvalue weighted by Gasteiger charge is -2.18. The molecular weight excluding hydrogens is 213 g/mol. The summed E-state index contributed by atoms with van der Waals surface area (Å²) in [6.07, 6.45) is 0.956. The molecule has 1 atom stereocenters. The number of hydrogen-bond acceptors (Lipinski definition) is 3. The zero-order valence-electron chi connectivity index (χ0n) is 10.7. The molecule has 1 aromatic carbocycles. The van der Waals surface area contributed by atoms with Gasteiger partial charge < -0.3 is 15.4 Å². The molecule has 1 aromatic rings. The molecule has 3 N–H and O–H groups in total. The molecule has 0 amide bonds. The second-order valence-electron chi connectivity index (χ2n) is 4.82. The molecule has 0 heterocycles. The number of aliphatic hydroxyl groups is 2. The van der Waals surface area contributed by atoms with Crippen LogP contribution in [-0.4, -0.2) is 30.3 Å². The molecule has 94 valence electrons. The van der Waals surface area contributed by atoms with Gasteiger partial charge in [-0.1, -0.05) is 43.6 Å². The average molecular weight is 235 g/mol. The summed E-state index contributed by atoms with van der Waals surface area (Å²) >= 11 is 0. The lowest BCUT2D eigenvalue weighted by atomic mass is 9.78. The van der Waals surface area contributed by atoms with Crippen LogP contribution >= 0.6 is 0 Å². The zero-order chi connectivity index (χ0) is 12.7. The van der Waals surface area contributed by atoms with Crippen molar-refractivity contribution >= 4 is 12.9 Å². The van der Waals surface area contributed by atoms with E-state index in [1.165, 1.54) is 0 Å². The molecule has 0 aliphatic carbocycles. The van der Waals surface area contributed by atoms with Gasteiger partial charge >= 0.3 is 0 Å². The Morgan fingerprint density at radius 2 is 1.94 bits per heavy atom.